The van der Waals surface area contributed by atoms with E-state index >= 15 is 0 Å². The first-order valence-corrected chi connectivity index (χ1v) is 7.08. The minimum absolute atomic E-state index is 0.390. The highest BCUT2D eigenvalue weighted by molar-refractivity contribution is 5.89. The molecule has 0 fully saturated rings. The minimum atomic E-state index is -0.855. The van der Waals surface area contributed by atoms with Gasteiger partial charge in [0.2, 0.25) is 0 Å². The van der Waals surface area contributed by atoms with Crippen molar-refractivity contribution in [2.24, 2.45) is 0 Å². The zero-order valence-electron chi connectivity index (χ0n) is 12.4. The highest BCUT2D eigenvalue weighted by Gasteiger charge is 2.13. The zero-order valence-corrected chi connectivity index (χ0v) is 12.4. The molecular weight excluding hydrogens is 238 g/mol. The van der Waals surface area contributed by atoms with Crippen LogP contribution < -0.4 is 4.90 Å². The number of aryl methyl sites for hydroxylation is 1. The van der Waals surface area contributed by atoms with E-state index in [2.05, 4.69) is 25.7 Å². The van der Waals surface area contributed by atoms with Crippen molar-refractivity contribution in [3.63, 3.8) is 0 Å². The lowest BCUT2D eigenvalue weighted by molar-refractivity contribution is 0.0696. The fraction of sp³-hybridized carbons (Fsp3) is 0.562. The lowest BCUT2D eigenvalue weighted by Crippen LogP contribution is -2.31. The van der Waals surface area contributed by atoms with Crippen LogP contribution in [0.15, 0.2) is 18.2 Å². The highest BCUT2D eigenvalue weighted by Crippen LogP contribution is 2.22. The fourth-order valence-corrected chi connectivity index (χ4v) is 2.28. The molecule has 0 aliphatic carbocycles. The Morgan fingerprint density at radius 3 is 2.47 bits per heavy atom. The quantitative estimate of drug-likeness (QED) is 0.753. The number of anilines is 1. The van der Waals surface area contributed by atoms with E-state index in [1.54, 1.807) is 6.07 Å². The molecular formula is C16H25NO2. The third-order valence-corrected chi connectivity index (χ3v) is 3.40. The fourth-order valence-electron chi connectivity index (χ4n) is 2.28. The van der Waals surface area contributed by atoms with Crippen molar-refractivity contribution in [1.29, 1.82) is 0 Å². The van der Waals surface area contributed by atoms with E-state index < -0.39 is 5.97 Å². The lowest BCUT2D eigenvalue weighted by atomic mass is 10.1. The molecule has 0 aromatic heterocycles. The summed E-state index contributed by atoms with van der Waals surface area (Å²) in [6, 6.07) is 6.03. The number of nitrogens with zero attached hydrogens (tertiary/aromatic N) is 1. The number of aromatic carboxylic acids is 1. The summed E-state index contributed by atoms with van der Waals surface area (Å²) in [6.45, 7) is 9.43. The van der Waals surface area contributed by atoms with Gasteiger partial charge in [-0.3, -0.25) is 0 Å². The van der Waals surface area contributed by atoms with Crippen molar-refractivity contribution in [3.05, 3.63) is 29.3 Å². The first-order chi connectivity index (χ1) is 8.97. The molecule has 19 heavy (non-hydrogen) atoms. The molecule has 3 nitrogen and oxygen atoms in total. The van der Waals surface area contributed by atoms with Crippen LogP contribution in [0.25, 0.3) is 0 Å². The van der Waals surface area contributed by atoms with Crippen LogP contribution in [0.3, 0.4) is 0 Å². The molecule has 1 N–H and O–H groups in total. The Hall–Kier alpha value is -1.51. The molecule has 0 heterocycles. The monoisotopic (exact) mass is 263 g/mol. The molecule has 0 amide bonds. The molecule has 0 saturated carbocycles. The highest BCUT2D eigenvalue weighted by atomic mass is 16.4. The Labute approximate surface area is 116 Å². The van der Waals surface area contributed by atoms with Crippen LogP contribution in [0.1, 0.15) is 56.0 Å². The van der Waals surface area contributed by atoms with E-state index in [0.29, 0.717) is 11.6 Å². The third-order valence-electron chi connectivity index (χ3n) is 3.40. The topological polar surface area (TPSA) is 40.5 Å². The van der Waals surface area contributed by atoms with Gasteiger partial charge in [0.05, 0.1) is 5.56 Å². The molecule has 3 heteroatoms. The van der Waals surface area contributed by atoms with Gasteiger partial charge in [-0.25, -0.2) is 4.79 Å². The number of carboxylic acids is 1. The van der Waals surface area contributed by atoms with Gasteiger partial charge in [0.15, 0.2) is 0 Å². The summed E-state index contributed by atoms with van der Waals surface area (Å²) < 4.78 is 0. The normalized spacial score (nSPS) is 10.8. The number of benzene rings is 1. The van der Waals surface area contributed by atoms with E-state index in [9.17, 15) is 4.79 Å². The van der Waals surface area contributed by atoms with Crippen molar-refractivity contribution in [2.45, 2.75) is 53.0 Å². The summed E-state index contributed by atoms with van der Waals surface area (Å²) in [6.07, 6.45) is 3.62. The molecule has 0 spiro atoms. The van der Waals surface area contributed by atoms with Crippen molar-refractivity contribution in [2.75, 3.05) is 11.4 Å². The summed E-state index contributed by atoms with van der Waals surface area (Å²) in [5, 5.41) is 9.06. The van der Waals surface area contributed by atoms with Crippen LogP contribution in [-0.4, -0.2) is 23.7 Å². The average Bonchev–Trinajstić information content (AvgIpc) is 2.33. The van der Waals surface area contributed by atoms with Gasteiger partial charge >= 0.3 is 5.97 Å². The maximum Gasteiger partial charge on any atom is 0.335 e. The van der Waals surface area contributed by atoms with Gasteiger partial charge in [-0.05, 0) is 51.0 Å². The van der Waals surface area contributed by atoms with E-state index in [4.69, 9.17) is 5.11 Å². The molecule has 0 bridgehead atoms. The molecule has 0 saturated heterocycles. The Balaban J connectivity index is 2.90. The summed E-state index contributed by atoms with van der Waals surface area (Å²) in [5.41, 5.74) is 2.33. The van der Waals surface area contributed by atoms with Crippen LogP contribution in [0.2, 0.25) is 0 Å². The van der Waals surface area contributed by atoms with E-state index in [0.717, 1.165) is 17.8 Å². The summed E-state index contributed by atoms with van der Waals surface area (Å²) >= 11 is 0. The predicted molar refractivity (Wildman–Crippen MR) is 80.1 cm³/mol. The third kappa shape index (κ3) is 4.27. The second-order valence-corrected chi connectivity index (χ2v) is 5.30. The number of carboxylic acid groups (broad SMARTS) is 1. The largest absolute Gasteiger partial charge is 0.478 e. The number of hydrogen-bond donors (Lipinski definition) is 1. The van der Waals surface area contributed by atoms with Crippen LogP contribution in [0.5, 0.6) is 0 Å². The lowest BCUT2D eigenvalue weighted by Gasteiger charge is -2.29. The molecule has 106 valence electrons. The Morgan fingerprint density at radius 2 is 2.00 bits per heavy atom. The van der Waals surface area contributed by atoms with Gasteiger partial charge in [-0.1, -0.05) is 19.8 Å². The summed E-state index contributed by atoms with van der Waals surface area (Å²) in [4.78, 5) is 13.4. The summed E-state index contributed by atoms with van der Waals surface area (Å²) in [7, 11) is 0. The van der Waals surface area contributed by atoms with Crippen LogP contribution in [0, 0.1) is 6.92 Å². The maximum absolute atomic E-state index is 11.0. The number of unbranched alkanes of at least 4 members (excludes halogenated alkanes) is 2. The smallest absolute Gasteiger partial charge is 0.335 e. The molecule has 0 atom stereocenters. The molecule has 0 aliphatic heterocycles. The molecule has 0 radical (unpaired) electrons. The van der Waals surface area contributed by atoms with Gasteiger partial charge in [-0.2, -0.15) is 0 Å². The van der Waals surface area contributed by atoms with Crippen molar-refractivity contribution >= 4 is 11.7 Å². The predicted octanol–water partition coefficient (Wildman–Crippen LogP) is 4.10. The van der Waals surface area contributed by atoms with Crippen LogP contribution >= 0.6 is 0 Å². The van der Waals surface area contributed by atoms with E-state index in [1.807, 2.05) is 19.1 Å². The Bertz CT molecular complexity index is 427. The summed E-state index contributed by atoms with van der Waals surface area (Å²) in [5.74, 6) is -0.855. The Kier molecular flexibility index (Phi) is 5.87. The van der Waals surface area contributed by atoms with Gasteiger partial charge in [0.25, 0.3) is 0 Å². The molecule has 1 aromatic rings. The number of hydrogen-bond acceptors (Lipinski definition) is 2. The minimum Gasteiger partial charge on any atom is -0.478 e. The van der Waals surface area contributed by atoms with Gasteiger partial charge in [-0.15, -0.1) is 0 Å². The van der Waals surface area contributed by atoms with Crippen molar-refractivity contribution < 1.29 is 9.90 Å². The van der Waals surface area contributed by atoms with Crippen LogP contribution in [-0.2, 0) is 0 Å². The van der Waals surface area contributed by atoms with E-state index in [-0.39, 0.29) is 0 Å². The van der Waals surface area contributed by atoms with E-state index in [1.165, 1.54) is 19.3 Å². The first-order valence-electron chi connectivity index (χ1n) is 7.08. The van der Waals surface area contributed by atoms with Crippen LogP contribution in [0.4, 0.5) is 5.69 Å². The van der Waals surface area contributed by atoms with Gasteiger partial charge in [0.1, 0.15) is 0 Å². The molecule has 1 rings (SSSR count). The Morgan fingerprint density at radius 1 is 1.32 bits per heavy atom. The molecule has 0 unspecified atom stereocenters. The van der Waals surface area contributed by atoms with Gasteiger partial charge in [0, 0.05) is 18.3 Å². The van der Waals surface area contributed by atoms with Gasteiger partial charge < -0.3 is 10.0 Å². The van der Waals surface area contributed by atoms with Crippen molar-refractivity contribution in [3.8, 4) is 0 Å². The first kappa shape index (κ1) is 15.5. The SMILES string of the molecule is CCCCCN(c1ccc(C(=O)O)c(C)c1)C(C)C. The number of rotatable bonds is 7. The number of carbonyl (C=O) groups is 1. The maximum atomic E-state index is 11.0. The second-order valence-electron chi connectivity index (χ2n) is 5.30. The second kappa shape index (κ2) is 7.17. The zero-order chi connectivity index (χ0) is 14.4. The molecule has 1 aromatic carbocycles. The molecule has 0 aliphatic rings. The van der Waals surface area contributed by atoms with Crippen molar-refractivity contribution in [1.82, 2.24) is 0 Å². The average molecular weight is 263 g/mol. The standard InChI is InChI=1S/C16H25NO2/c1-5-6-7-10-17(12(2)3)14-8-9-15(16(18)19)13(4)11-14/h8-9,11-12H,5-7,10H2,1-4H3,(H,18,19).